The number of piperidine rings is 1. The van der Waals surface area contributed by atoms with E-state index in [9.17, 15) is 4.79 Å². The van der Waals surface area contributed by atoms with Crippen LogP contribution in [0.3, 0.4) is 0 Å². The molecule has 1 saturated heterocycles. The molecule has 0 aromatic carbocycles. The average Bonchev–Trinajstić information content (AvgIpc) is 3.28. The SMILES string of the molecule is CCCNc1nc(N2CCCC(C(=O)N(CC)CC)C2)nc2c1ncn2C1CCCCC1. The fourth-order valence-corrected chi connectivity index (χ4v) is 5.19. The monoisotopic (exact) mass is 441 g/mol. The van der Waals surface area contributed by atoms with Gasteiger partial charge in [0.15, 0.2) is 17.0 Å². The van der Waals surface area contributed by atoms with Crippen molar-refractivity contribution in [1.82, 2.24) is 24.4 Å². The van der Waals surface area contributed by atoms with E-state index < -0.39 is 0 Å². The van der Waals surface area contributed by atoms with Crippen molar-refractivity contribution in [1.29, 1.82) is 0 Å². The predicted octanol–water partition coefficient (Wildman–Crippen LogP) is 4.24. The Labute approximate surface area is 191 Å². The second-order valence-electron chi connectivity index (χ2n) is 9.21. The molecule has 3 heterocycles. The summed E-state index contributed by atoms with van der Waals surface area (Å²) in [5, 5.41) is 3.47. The van der Waals surface area contributed by atoms with Gasteiger partial charge in [0.05, 0.1) is 12.2 Å². The number of aromatic nitrogens is 4. The zero-order chi connectivity index (χ0) is 22.5. The van der Waals surface area contributed by atoms with Crippen LogP contribution in [0.25, 0.3) is 11.2 Å². The smallest absolute Gasteiger partial charge is 0.229 e. The lowest BCUT2D eigenvalue weighted by Gasteiger charge is -2.34. The van der Waals surface area contributed by atoms with Gasteiger partial charge in [0.2, 0.25) is 11.9 Å². The van der Waals surface area contributed by atoms with Crippen LogP contribution in [-0.4, -0.2) is 63.0 Å². The maximum atomic E-state index is 13.0. The van der Waals surface area contributed by atoms with E-state index in [0.717, 1.165) is 68.4 Å². The van der Waals surface area contributed by atoms with Crippen LogP contribution < -0.4 is 10.2 Å². The highest BCUT2D eigenvalue weighted by Gasteiger charge is 2.30. The van der Waals surface area contributed by atoms with Crippen molar-refractivity contribution in [3.8, 4) is 0 Å². The third kappa shape index (κ3) is 4.69. The second kappa shape index (κ2) is 10.5. The minimum atomic E-state index is 0.0123. The maximum Gasteiger partial charge on any atom is 0.229 e. The van der Waals surface area contributed by atoms with Crippen LogP contribution in [0, 0.1) is 5.92 Å². The molecule has 1 unspecified atom stereocenters. The van der Waals surface area contributed by atoms with Gasteiger partial charge < -0.3 is 19.7 Å². The summed E-state index contributed by atoms with van der Waals surface area (Å²) in [5.41, 5.74) is 1.79. The molecule has 1 amide bonds. The summed E-state index contributed by atoms with van der Waals surface area (Å²) in [4.78, 5) is 31.8. The zero-order valence-electron chi connectivity index (χ0n) is 20.0. The van der Waals surface area contributed by atoms with E-state index >= 15 is 0 Å². The molecule has 1 atom stereocenters. The summed E-state index contributed by atoms with van der Waals surface area (Å²) < 4.78 is 2.28. The Morgan fingerprint density at radius 3 is 2.59 bits per heavy atom. The Bertz CT molecular complexity index is 901. The lowest BCUT2D eigenvalue weighted by Crippen LogP contribution is -2.45. The molecule has 176 valence electrons. The molecule has 8 nitrogen and oxygen atoms in total. The fourth-order valence-electron chi connectivity index (χ4n) is 5.19. The Kier molecular flexibility index (Phi) is 7.48. The molecule has 1 N–H and O–H groups in total. The summed E-state index contributed by atoms with van der Waals surface area (Å²) >= 11 is 0. The van der Waals surface area contributed by atoms with Crippen molar-refractivity contribution < 1.29 is 4.79 Å². The molecule has 2 fully saturated rings. The summed E-state index contributed by atoms with van der Waals surface area (Å²) in [7, 11) is 0. The number of hydrogen-bond donors (Lipinski definition) is 1. The summed E-state index contributed by atoms with van der Waals surface area (Å²) in [6.45, 7) is 10.2. The Hall–Kier alpha value is -2.38. The first-order chi connectivity index (χ1) is 15.7. The molecule has 2 aromatic heterocycles. The van der Waals surface area contributed by atoms with Crippen molar-refractivity contribution >= 4 is 28.8 Å². The number of imidazole rings is 1. The van der Waals surface area contributed by atoms with Crippen LogP contribution in [0.5, 0.6) is 0 Å². The predicted molar refractivity (Wildman–Crippen MR) is 129 cm³/mol. The molecule has 1 aliphatic carbocycles. The van der Waals surface area contributed by atoms with Gasteiger partial charge in [0.25, 0.3) is 0 Å². The highest BCUT2D eigenvalue weighted by Crippen LogP contribution is 2.33. The summed E-state index contributed by atoms with van der Waals surface area (Å²) in [6.07, 6.45) is 11.1. The molecule has 2 aliphatic rings. The van der Waals surface area contributed by atoms with Gasteiger partial charge in [-0.05, 0) is 46.0 Å². The molecular formula is C24H39N7O. The number of carbonyl (C=O) groups is 1. The van der Waals surface area contributed by atoms with Crippen LogP contribution in [0.4, 0.5) is 11.8 Å². The van der Waals surface area contributed by atoms with Gasteiger partial charge in [-0.25, -0.2) is 4.98 Å². The summed E-state index contributed by atoms with van der Waals surface area (Å²) in [5.74, 6) is 1.82. The number of carbonyl (C=O) groups excluding carboxylic acids is 1. The van der Waals surface area contributed by atoms with E-state index in [1.54, 1.807) is 0 Å². The standard InChI is InChI=1S/C24H39N7O/c1-4-14-25-21-20-22(31(17-26-20)19-12-8-7-9-13-19)28-24(27-21)30-15-10-11-18(16-30)23(32)29(5-2)6-3/h17-19H,4-16H2,1-3H3,(H,25,27,28). The number of rotatable bonds is 8. The molecule has 0 spiro atoms. The highest BCUT2D eigenvalue weighted by atomic mass is 16.2. The molecule has 2 aromatic rings. The second-order valence-corrected chi connectivity index (χ2v) is 9.21. The number of nitrogens with one attached hydrogen (secondary N) is 1. The number of fused-ring (bicyclic) bond motifs is 1. The molecule has 0 bridgehead atoms. The van der Waals surface area contributed by atoms with Gasteiger partial charge in [0, 0.05) is 38.8 Å². The van der Waals surface area contributed by atoms with Gasteiger partial charge >= 0.3 is 0 Å². The lowest BCUT2D eigenvalue weighted by atomic mass is 9.95. The minimum Gasteiger partial charge on any atom is -0.368 e. The first-order valence-corrected chi connectivity index (χ1v) is 12.7. The molecule has 0 radical (unpaired) electrons. The van der Waals surface area contributed by atoms with E-state index in [-0.39, 0.29) is 11.8 Å². The molecule has 4 rings (SSSR count). The van der Waals surface area contributed by atoms with Crippen molar-refractivity contribution in [2.45, 2.75) is 78.2 Å². The van der Waals surface area contributed by atoms with Crippen LogP contribution >= 0.6 is 0 Å². The van der Waals surface area contributed by atoms with Crippen LogP contribution in [-0.2, 0) is 4.79 Å². The van der Waals surface area contributed by atoms with E-state index in [1.807, 2.05) is 11.2 Å². The normalized spacial score (nSPS) is 20.0. The number of hydrogen-bond acceptors (Lipinski definition) is 6. The minimum absolute atomic E-state index is 0.0123. The van der Waals surface area contributed by atoms with Gasteiger partial charge in [-0.3, -0.25) is 4.79 Å². The van der Waals surface area contributed by atoms with E-state index in [1.165, 1.54) is 32.1 Å². The van der Waals surface area contributed by atoms with Gasteiger partial charge in [-0.1, -0.05) is 26.2 Å². The van der Waals surface area contributed by atoms with E-state index in [0.29, 0.717) is 12.6 Å². The Morgan fingerprint density at radius 2 is 1.88 bits per heavy atom. The van der Waals surface area contributed by atoms with E-state index in [4.69, 9.17) is 15.0 Å². The van der Waals surface area contributed by atoms with Crippen LogP contribution in [0.2, 0.25) is 0 Å². The number of nitrogens with zero attached hydrogens (tertiary/aromatic N) is 6. The van der Waals surface area contributed by atoms with Gasteiger partial charge in [-0.15, -0.1) is 0 Å². The van der Waals surface area contributed by atoms with Crippen LogP contribution in [0.15, 0.2) is 6.33 Å². The quantitative estimate of drug-likeness (QED) is 0.660. The third-order valence-corrected chi connectivity index (χ3v) is 7.05. The highest BCUT2D eigenvalue weighted by molar-refractivity contribution is 5.85. The maximum absolute atomic E-state index is 13.0. The average molecular weight is 442 g/mol. The van der Waals surface area contributed by atoms with Crippen molar-refractivity contribution in [3.05, 3.63) is 6.33 Å². The van der Waals surface area contributed by atoms with Crippen LogP contribution in [0.1, 0.15) is 78.2 Å². The Balaban J connectivity index is 1.65. The largest absolute Gasteiger partial charge is 0.368 e. The zero-order valence-corrected chi connectivity index (χ0v) is 20.0. The number of amides is 1. The van der Waals surface area contributed by atoms with Crippen molar-refractivity contribution in [2.24, 2.45) is 5.92 Å². The summed E-state index contributed by atoms with van der Waals surface area (Å²) in [6, 6.07) is 0.467. The number of anilines is 2. The molecule has 1 saturated carbocycles. The molecule has 1 aliphatic heterocycles. The first kappa shape index (κ1) is 22.8. The van der Waals surface area contributed by atoms with Crippen molar-refractivity contribution in [3.63, 3.8) is 0 Å². The first-order valence-electron chi connectivity index (χ1n) is 12.7. The van der Waals surface area contributed by atoms with Gasteiger partial charge in [-0.2, -0.15) is 9.97 Å². The lowest BCUT2D eigenvalue weighted by molar-refractivity contribution is -0.135. The topological polar surface area (TPSA) is 79.2 Å². The van der Waals surface area contributed by atoms with Crippen molar-refractivity contribution in [2.75, 3.05) is 42.9 Å². The fraction of sp³-hybridized carbons (Fsp3) is 0.750. The molecule has 32 heavy (non-hydrogen) atoms. The van der Waals surface area contributed by atoms with Gasteiger partial charge in [0.1, 0.15) is 0 Å². The molecular weight excluding hydrogens is 402 g/mol. The van der Waals surface area contributed by atoms with E-state index in [2.05, 4.69) is 35.6 Å². The third-order valence-electron chi connectivity index (χ3n) is 7.05. The Morgan fingerprint density at radius 1 is 1.09 bits per heavy atom. The molecule has 8 heteroatoms.